The summed E-state index contributed by atoms with van der Waals surface area (Å²) in [6.07, 6.45) is 18.2. The second-order valence-electron chi connectivity index (χ2n) is 11.6. The van der Waals surface area contributed by atoms with Crippen molar-refractivity contribution in [3.63, 3.8) is 0 Å². The SMILES string of the molecule is C=C/C(=N\C(=C/C)N/C(C(=C)C)=C(/OC)C1=CC=C(OC[C@H]2CCCC[C@@H]2C(=O)OC)C(C)(C)C1)C1=CCCC1. The molecule has 0 aromatic rings. The van der Waals surface area contributed by atoms with Gasteiger partial charge in [-0.1, -0.05) is 52.0 Å². The Hall–Kier alpha value is -3.28. The summed E-state index contributed by atoms with van der Waals surface area (Å²) in [7, 11) is 3.16. The van der Waals surface area contributed by atoms with E-state index in [2.05, 4.69) is 44.5 Å². The van der Waals surface area contributed by atoms with Crippen molar-refractivity contribution in [1.29, 1.82) is 0 Å². The van der Waals surface area contributed by atoms with E-state index in [0.717, 1.165) is 91.3 Å². The quantitative estimate of drug-likeness (QED) is 0.116. The van der Waals surface area contributed by atoms with Crippen LogP contribution in [-0.2, 0) is 19.0 Å². The van der Waals surface area contributed by atoms with Crippen LogP contribution >= 0.6 is 0 Å². The Morgan fingerprint density at radius 1 is 1.15 bits per heavy atom. The molecule has 3 aliphatic rings. The summed E-state index contributed by atoms with van der Waals surface area (Å²) >= 11 is 0. The molecule has 6 heteroatoms. The van der Waals surface area contributed by atoms with Crippen molar-refractivity contribution in [2.24, 2.45) is 22.2 Å². The predicted octanol–water partition coefficient (Wildman–Crippen LogP) is 7.84. The van der Waals surface area contributed by atoms with E-state index in [4.69, 9.17) is 19.2 Å². The molecule has 3 rings (SSSR count). The van der Waals surface area contributed by atoms with Gasteiger partial charge in [0.25, 0.3) is 0 Å². The number of hydrogen-bond donors (Lipinski definition) is 1. The number of rotatable bonds is 12. The van der Waals surface area contributed by atoms with Gasteiger partial charge in [-0.2, -0.15) is 0 Å². The van der Waals surface area contributed by atoms with E-state index in [9.17, 15) is 4.79 Å². The molecule has 0 aliphatic heterocycles. The Morgan fingerprint density at radius 2 is 1.90 bits per heavy atom. The van der Waals surface area contributed by atoms with Gasteiger partial charge in [-0.3, -0.25) is 4.79 Å². The summed E-state index contributed by atoms with van der Waals surface area (Å²) in [4.78, 5) is 17.2. The molecule has 0 bridgehead atoms. The van der Waals surface area contributed by atoms with Gasteiger partial charge < -0.3 is 19.5 Å². The normalized spacial score (nSPS) is 23.7. The lowest BCUT2D eigenvalue weighted by Crippen LogP contribution is -2.32. The van der Waals surface area contributed by atoms with Crippen LogP contribution < -0.4 is 5.32 Å². The van der Waals surface area contributed by atoms with E-state index >= 15 is 0 Å². The maximum Gasteiger partial charge on any atom is 0.309 e. The monoisotopic (exact) mass is 548 g/mol. The average Bonchev–Trinajstić information content (AvgIpc) is 3.48. The Labute approximate surface area is 241 Å². The maximum atomic E-state index is 12.3. The zero-order valence-corrected chi connectivity index (χ0v) is 25.4. The summed E-state index contributed by atoms with van der Waals surface area (Å²) in [5.74, 6) is 2.36. The predicted molar refractivity (Wildman–Crippen MR) is 163 cm³/mol. The zero-order valence-electron chi connectivity index (χ0n) is 25.4. The zero-order chi connectivity index (χ0) is 29.3. The number of carbonyl (C=O) groups is 1. The third kappa shape index (κ3) is 7.67. The van der Waals surface area contributed by atoms with Crippen LogP contribution in [0.1, 0.15) is 79.1 Å². The van der Waals surface area contributed by atoms with Crippen molar-refractivity contribution < 1.29 is 19.0 Å². The number of allylic oxidation sites excluding steroid dienone is 9. The van der Waals surface area contributed by atoms with Gasteiger partial charge in [0.05, 0.1) is 38.2 Å². The molecule has 0 amide bonds. The molecule has 40 heavy (non-hydrogen) atoms. The van der Waals surface area contributed by atoms with E-state index in [0.29, 0.717) is 6.61 Å². The topological polar surface area (TPSA) is 69.2 Å². The number of nitrogens with one attached hydrogen (secondary N) is 1. The lowest BCUT2D eigenvalue weighted by atomic mass is 9.78. The average molecular weight is 549 g/mol. The molecule has 1 saturated carbocycles. The Kier molecular flexibility index (Phi) is 11.2. The molecule has 218 valence electrons. The summed E-state index contributed by atoms with van der Waals surface area (Å²) in [5.41, 5.74) is 4.58. The van der Waals surface area contributed by atoms with Gasteiger partial charge in [0.2, 0.25) is 0 Å². The first kappa shape index (κ1) is 31.3. The fraction of sp³-hybridized carbons (Fsp3) is 0.529. The highest BCUT2D eigenvalue weighted by Gasteiger charge is 2.35. The second-order valence-corrected chi connectivity index (χ2v) is 11.6. The molecule has 0 spiro atoms. The van der Waals surface area contributed by atoms with E-state index in [1.165, 1.54) is 12.7 Å². The Bertz CT molecular complexity index is 1160. The largest absolute Gasteiger partial charge is 0.497 e. The molecule has 3 aliphatic carbocycles. The van der Waals surface area contributed by atoms with E-state index < -0.39 is 0 Å². The molecule has 0 unspecified atom stereocenters. The highest BCUT2D eigenvalue weighted by Crippen LogP contribution is 2.42. The van der Waals surface area contributed by atoms with Crippen molar-refractivity contribution >= 4 is 11.7 Å². The fourth-order valence-electron chi connectivity index (χ4n) is 5.81. The first-order valence-electron chi connectivity index (χ1n) is 14.6. The van der Waals surface area contributed by atoms with Gasteiger partial charge in [-0.05, 0) is 87.3 Å². The molecule has 0 aromatic heterocycles. The number of ether oxygens (including phenoxy) is 3. The number of methoxy groups -OCH3 is 2. The molecule has 6 nitrogen and oxygen atoms in total. The molecule has 0 radical (unpaired) electrons. The smallest absolute Gasteiger partial charge is 0.309 e. The van der Waals surface area contributed by atoms with Crippen LogP contribution in [0.25, 0.3) is 0 Å². The van der Waals surface area contributed by atoms with Crippen molar-refractivity contribution in [2.45, 2.75) is 79.1 Å². The number of aliphatic imine (C=N–C) groups is 1. The van der Waals surface area contributed by atoms with Crippen LogP contribution in [-0.4, -0.2) is 32.5 Å². The molecule has 0 aromatic carbocycles. The molecular weight excluding hydrogens is 500 g/mol. The van der Waals surface area contributed by atoms with Crippen LogP contribution in [0.15, 0.2) is 88.3 Å². The van der Waals surface area contributed by atoms with Crippen LogP contribution in [0.4, 0.5) is 0 Å². The number of nitrogens with zero attached hydrogens (tertiary/aromatic N) is 1. The van der Waals surface area contributed by atoms with Gasteiger partial charge in [0.15, 0.2) is 0 Å². The summed E-state index contributed by atoms with van der Waals surface area (Å²) in [6, 6.07) is 0. The molecular formula is C34H48N2O4. The van der Waals surface area contributed by atoms with Gasteiger partial charge in [-0.25, -0.2) is 4.99 Å². The lowest BCUT2D eigenvalue weighted by molar-refractivity contribution is -0.149. The summed E-state index contributed by atoms with van der Waals surface area (Å²) in [6.45, 7) is 17.0. The van der Waals surface area contributed by atoms with Gasteiger partial charge in [0.1, 0.15) is 17.3 Å². The first-order valence-corrected chi connectivity index (χ1v) is 14.6. The number of hydrogen-bond acceptors (Lipinski definition) is 6. The van der Waals surface area contributed by atoms with Crippen molar-refractivity contribution in [2.75, 3.05) is 20.8 Å². The van der Waals surface area contributed by atoms with Crippen molar-refractivity contribution in [1.82, 2.24) is 5.32 Å². The molecule has 0 heterocycles. The Morgan fingerprint density at radius 3 is 2.48 bits per heavy atom. The molecule has 2 atom stereocenters. The molecule has 1 fully saturated rings. The van der Waals surface area contributed by atoms with Crippen LogP contribution in [0, 0.1) is 17.3 Å². The molecule has 0 saturated heterocycles. The maximum absolute atomic E-state index is 12.3. The van der Waals surface area contributed by atoms with Gasteiger partial charge in [0, 0.05) is 11.3 Å². The minimum atomic E-state index is -0.254. The highest BCUT2D eigenvalue weighted by molar-refractivity contribution is 6.08. The summed E-state index contributed by atoms with van der Waals surface area (Å²) in [5, 5.41) is 3.48. The standard InChI is InChI=1S/C34H48N2O4/c1-9-28(24-15-11-12-16-24)35-30(10-2)36-31(23(3)4)32(38-7)25-19-20-29(34(5,6)21-25)40-22-26-17-13-14-18-27(26)33(37)39-8/h9-10,15,19-20,26-27,36H,1,3,11-14,16-18,21-22H2,2,4-8H3/b30-10+,32-31+,35-28+/t26-,27+/m1/s1. The van der Waals surface area contributed by atoms with Crippen LogP contribution in [0.3, 0.4) is 0 Å². The van der Waals surface area contributed by atoms with E-state index in [1.807, 2.05) is 32.1 Å². The minimum Gasteiger partial charge on any atom is -0.497 e. The fourth-order valence-corrected chi connectivity index (χ4v) is 5.81. The Balaban J connectivity index is 1.85. The van der Waals surface area contributed by atoms with E-state index in [-0.39, 0.29) is 23.2 Å². The van der Waals surface area contributed by atoms with Crippen molar-refractivity contribution in [3.8, 4) is 0 Å². The minimum absolute atomic E-state index is 0.0839. The van der Waals surface area contributed by atoms with Crippen LogP contribution in [0.2, 0.25) is 0 Å². The van der Waals surface area contributed by atoms with Crippen LogP contribution in [0.5, 0.6) is 0 Å². The van der Waals surface area contributed by atoms with Gasteiger partial charge >= 0.3 is 5.97 Å². The van der Waals surface area contributed by atoms with Gasteiger partial charge in [-0.15, -0.1) is 0 Å². The lowest BCUT2D eigenvalue weighted by Gasteiger charge is -2.35. The highest BCUT2D eigenvalue weighted by atomic mass is 16.5. The number of esters is 1. The summed E-state index contributed by atoms with van der Waals surface area (Å²) < 4.78 is 17.4. The third-order valence-corrected chi connectivity index (χ3v) is 8.08. The number of carbonyl (C=O) groups excluding carboxylic acids is 1. The van der Waals surface area contributed by atoms with E-state index in [1.54, 1.807) is 7.11 Å². The third-order valence-electron chi connectivity index (χ3n) is 8.08. The first-order chi connectivity index (χ1) is 19.1. The molecule has 1 N–H and O–H groups in total. The van der Waals surface area contributed by atoms with Crippen molar-refractivity contribution in [3.05, 3.63) is 83.3 Å². The second kappa shape index (κ2) is 14.4.